The van der Waals surface area contributed by atoms with Crippen molar-refractivity contribution in [3.05, 3.63) is 0 Å². The van der Waals surface area contributed by atoms with Gasteiger partial charge in [-0.15, -0.1) is 21.0 Å². The van der Waals surface area contributed by atoms with Crippen molar-refractivity contribution in [3.8, 4) is 0 Å². The SMILES string of the molecule is CC.CSC1NCC(C)C(N)C1P. The summed E-state index contributed by atoms with van der Waals surface area (Å²) in [4.78, 5) is 0. The van der Waals surface area contributed by atoms with Gasteiger partial charge in [-0.25, -0.2) is 0 Å². The third-order valence-corrected chi connectivity index (χ3v) is 4.44. The number of thioether (sulfide) groups is 1. The third kappa shape index (κ3) is 3.75. The minimum absolute atomic E-state index is 0.332. The summed E-state index contributed by atoms with van der Waals surface area (Å²) in [6.45, 7) is 7.25. The van der Waals surface area contributed by atoms with E-state index in [1.165, 1.54) is 0 Å². The van der Waals surface area contributed by atoms with Gasteiger partial charge in [0.15, 0.2) is 0 Å². The molecule has 0 radical (unpaired) electrons. The minimum Gasteiger partial charge on any atom is -0.327 e. The van der Waals surface area contributed by atoms with Gasteiger partial charge in [0.2, 0.25) is 0 Å². The maximum absolute atomic E-state index is 6.01. The molecule has 4 heteroatoms. The lowest BCUT2D eigenvalue weighted by Crippen LogP contribution is -2.55. The third-order valence-electron chi connectivity index (χ3n) is 2.35. The Hall–Kier alpha value is 0.700. The Labute approximate surface area is 89.0 Å². The second-order valence-electron chi connectivity index (χ2n) is 3.20. The summed E-state index contributed by atoms with van der Waals surface area (Å²) in [7, 11) is 2.84. The lowest BCUT2D eigenvalue weighted by atomic mass is 9.96. The van der Waals surface area contributed by atoms with E-state index in [1.807, 2.05) is 25.6 Å². The zero-order valence-electron chi connectivity index (χ0n) is 9.08. The van der Waals surface area contributed by atoms with Crippen LogP contribution in [0.2, 0.25) is 0 Å². The van der Waals surface area contributed by atoms with Crippen molar-refractivity contribution in [2.75, 3.05) is 12.8 Å². The van der Waals surface area contributed by atoms with Crippen molar-refractivity contribution < 1.29 is 0 Å². The van der Waals surface area contributed by atoms with Gasteiger partial charge in [0.05, 0.1) is 5.37 Å². The number of rotatable bonds is 1. The van der Waals surface area contributed by atoms with E-state index in [0.717, 1.165) is 6.54 Å². The predicted molar refractivity (Wildman–Crippen MR) is 67.3 cm³/mol. The Morgan fingerprint density at radius 1 is 1.46 bits per heavy atom. The van der Waals surface area contributed by atoms with Gasteiger partial charge < -0.3 is 11.1 Å². The van der Waals surface area contributed by atoms with Crippen LogP contribution in [0.3, 0.4) is 0 Å². The molecule has 1 heterocycles. The molecular formula is C9H23N2PS. The Morgan fingerprint density at radius 2 is 2.00 bits per heavy atom. The van der Waals surface area contributed by atoms with E-state index in [1.54, 1.807) is 0 Å². The fraction of sp³-hybridized carbons (Fsp3) is 1.00. The molecule has 0 aromatic carbocycles. The van der Waals surface area contributed by atoms with E-state index >= 15 is 0 Å². The highest BCUT2D eigenvalue weighted by molar-refractivity contribution is 7.99. The Morgan fingerprint density at radius 3 is 2.46 bits per heavy atom. The van der Waals surface area contributed by atoms with E-state index in [2.05, 4.69) is 27.7 Å². The van der Waals surface area contributed by atoms with Gasteiger partial charge >= 0.3 is 0 Å². The van der Waals surface area contributed by atoms with Crippen LogP contribution in [0.25, 0.3) is 0 Å². The first kappa shape index (κ1) is 13.7. The van der Waals surface area contributed by atoms with Crippen LogP contribution in [0.1, 0.15) is 20.8 Å². The van der Waals surface area contributed by atoms with E-state index in [-0.39, 0.29) is 0 Å². The topological polar surface area (TPSA) is 38.0 Å². The van der Waals surface area contributed by atoms with Crippen LogP contribution in [0.5, 0.6) is 0 Å². The molecule has 0 aliphatic carbocycles. The fourth-order valence-corrected chi connectivity index (χ4v) is 3.14. The molecule has 1 aliphatic heterocycles. The Balaban J connectivity index is 0.000000671. The highest BCUT2D eigenvalue weighted by atomic mass is 32.2. The molecular weight excluding hydrogens is 199 g/mol. The number of hydrogen-bond donors (Lipinski definition) is 2. The molecule has 1 rings (SSSR count). The lowest BCUT2D eigenvalue weighted by molar-refractivity contribution is 0.343. The van der Waals surface area contributed by atoms with Gasteiger partial charge in [-0.05, 0) is 12.2 Å². The maximum atomic E-state index is 6.01. The van der Waals surface area contributed by atoms with Crippen molar-refractivity contribution in [3.63, 3.8) is 0 Å². The Bertz CT molecular complexity index is 133. The molecule has 1 saturated heterocycles. The van der Waals surface area contributed by atoms with E-state index in [0.29, 0.717) is 23.0 Å². The maximum Gasteiger partial charge on any atom is 0.0607 e. The van der Waals surface area contributed by atoms with Crippen molar-refractivity contribution in [2.45, 2.75) is 37.8 Å². The first-order chi connectivity index (χ1) is 6.16. The molecule has 0 amide bonds. The molecule has 0 saturated carbocycles. The van der Waals surface area contributed by atoms with E-state index in [4.69, 9.17) is 5.73 Å². The van der Waals surface area contributed by atoms with Crippen LogP contribution >= 0.6 is 21.0 Å². The molecule has 0 spiro atoms. The first-order valence-electron chi connectivity index (χ1n) is 4.94. The van der Waals surface area contributed by atoms with Crippen LogP contribution < -0.4 is 11.1 Å². The van der Waals surface area contributed by atoms with Crippen LogP contribution in [0.15, 0.2) is 0 Å². The highest BCUT2D eigenvalue weighted by Crippen LogP contribution is 2.25. The molecule has 80 valence electrons. The second-order valence-corrected chi connectivity index (χ2v) is 4.95. The molecule has 0 aromatic rings. The molecule has 2 nitrogen and oxygen atoms in total. The minimum atomic E-state index is 0.332. The highest BCUT2D eigenvalue weighted by Gasteiger charge is 2.31. The summed E-state index contributed by atoms with van der Waals surface area (Å²) in [5.74, 6) is 0.598. The monoisotopic (exact) mass is 222 g/mol. The molecule has 1 fully saturated rings. The largest absolute Gasteiger partial charge is 0.327 e. The predicted octanol–water partition coefficient (Wildman–Crippen LogP) is 1.51. The summed E-state index contributed by atoms with van der Waals surface area (Å²) in [5.41, 5.74) is 6.52. The van der Waals surface area contributed by atoms with Gasteiger partial charge in [-0.1, -0.05) is 20.8 Å². The van der Waals surface area contributed by atoms with Crippen molar-refractivity contribution in [1.29, 1.82) is 0 Å². The molecule has 5 atom stereocenters. The molecule has 5 unspecified atom stereocenters. The first-order valence-corrected chi connectivity index (χ1v) is 6.89. The quantitative estimate of drug-likeness (QED) is 0.661. The van der Waals surface area contributed by atoms with Gasteiger partial charge in [0, 0.05) is 18.2 Å². The van der Waals surface area contributed by atoms with Crippen LogP contribution in [0.4, 0.5) is 0 Å². The summed E-state index contributed by atoms with van der Waals surface area (Å²) in [6, 6.07) is 0.332. The zero-order valence-corrected chi connectivity index (χ0v) is 11.1. The van der Waals surface area contributed by atoms with Gasteiger partial charge in [-0.2, -0.15) is 0 Å². The average Bonchev–Trinajstić information content (AvgIpc) is 2.18. The van der Waals surface area contributed by atoms with E-state index < -0.39 is 0 Å². The molecule has 0 bridgehead atoms. The fourth-order valence-electron chi connectivity index (χ4n) is 1.40. The van der Waals surface area contributed by atoms with Crippen molar-refractivity contribution in [2.24, 2.45) is 11.7 Å². The van der Waals surface area contributed by atoms with Gasteiger partial charge in [0.1, 0.15) is 0 Å². The molecule has 3 N–H and O–H groups in total. The zero-order chi connectivity index (χ0) is 10.4. The summed E-state index contributed by atoms with van der Waals surface area (Å²) in [6.07, 6.45) is 2.12. The molecule has 0 aromatic heterocycles. The van der Waals surface area contributed by atoms with Crippen molar-refractivity contribution in [1.82, 2.24) is 5.32 Å². The average molecular weight is 222 g/mol. The van der Waals surface area contributed by atoms with Gasteiger partial charge in [0.25, 0.3) is 0 Å². The number of piperidine rings is 1. The Kier molecular flexibility index (Phi) is 7.43. The van der Waals surface area contributed by atoms with Gasteiger partial charge in [-0.3, -0.25) is 0 Å². The number of nitrogens with one attached hydrogen (secondary N) is 1. The molecule has 1 aliphatic rings. The lowest BCUT2D eigenvalue weighted by Gasteiger charge is -2.37. The number of nitrogens with two attached hydrogens (primary N) is 1. The normalized spacial score (nSPS) is 39.2. The standard InChI is InChI=1S/C7H17N2PS.C2H6/c1-4-3-9-7(11-2)6(10)5(4)8;1-2/h4-7,9H,3,8,10H2,1-2H3;1-2H3. The van der Waals surface area contributed by atoms with Crippen LogP contribution in [0, 0.1) is 5.92 Å². The summed E-state index contributed by atoms with van der Waals surface area (Å²) < 4.78 is 0. The van der Waals surface area contributed by atoms with Crippen molar-refractivity contribution >= 4 is 21.0 Å². The smallest absolute Gasteiger partial charge is 0.0607 e. The molecule has 13 heavy (non-hydrogen) atoms. The van der Waals surface area contributed by atoms with Crippen LogP contribution in [-0.4, -0.2) is 29.9 Å². The summed E-state index contributed by atoms with van der Waals surface area (Å²) in [5, 5.41) is 3.98. The van der Waals surface area contributed by atoms with E-state index in [9.17, 15) is 0 Å². The number of hydrogen-bond acceptors (Lipinski definition) is 3. The second kappa shape index (κ2) is 7.05. The van der Waals surface area contributed by atoms with Crippen LogP contribution in [-0.2, 0) is 0 Å². The summed E-state index contributed by atoms with van der Waals surface area (Å²) >= 11 is 1.85.